The lowest BCUT2D eigenvalue weighted by molar-refractivity contribution is -0.127. The molecule has 1 fully saturated rings. The van der Waals surface area contributed by atoms with Gasteiger partial charge in [-0.1, -0.05) is 12.1 Å². The van der Waals surface area contributed by atoms with Crippen molar-refractivity contribution in [2.24, 2.45) is 11.1 Å². The maximum absolute atomic E-state index is 11.9. The van der Waals surface area contributed by atoms with Gasteiger partial charge in [0.15, 0.2) is 11.5 Å². The quantitative estimate of drug-likeness (QED) is 0.698. The van der Waals surface area contributed by atoms with E-state index in [-0.39, 0.29) is 24.0 Å². The van der Waals surface area contributed by atoms with Gasteiger partial charge in [0.05, 0.1) is 19.5 Å². The van der Waals surface area contributed by atoms with Crippen molar-refractivity contribution in [2.45, 2.75) is 12.8 Å². The van der Waals surface area contributed by atoms with E-state index < -0.39 is 10.0 Å². The molecule has 0 spiro atoms. The highest BCUT2D eigenvalue weighted by Crippen LogP contribution is 2.26. The summed E-state index contributed by atoms with van der Waals surface area (Å²) < 4.78 is 33.0. The second-order valence-electron chi connectivity index (χ2n) is 5.59. The summed E-state index contributed by atoms with van der Waals surface area (Å²) in [4.78, 5) is 13.5. The summed E-state index contributed by atoms with van der Waals surface area (Å²) in [5.41, 5.74) is 0. The van der Waals surface area contributed by atoms with Crippen molar-refractivity contribution >= 4 is 15.9 Å². The molecule has 2 rings (SSSR count). The Morgan fingerprint density at radius 3 is 2.65 bits per heavy atom. The predicted molar refractivity (Wildman–Crippen MR) is 85.8 cm³/mol. The van der Waals surface area contributed by atoms with Crippen molar-refractivity contribution in [2.75, 3.05) is 32.6 Å². The Labute approximate surface area is 136 Å². The standard InChI is InChI=1S/C15H22N2O5S/c1-21-13-5-2-3-6-14(13)22-8-4-7-17-10-12(9-15(17)18)11-23(16,19)20/h2-3,5-6,12H,4,7-11H2,1H3,(H2,16,19,20). The number of sulfonamides is 1. The first-order chi connectivity index (χ1) is 10.9. The van der Waals surface area contributed by atoms with Crippen LogP contribution in [-0.2, 0) is 14.8 Å². The zero-order chi connectivity index (χ0) is 16.9. The molecule has 2 N–H and O–H groups in total. The van der Waals surface area contributed by atoms with Gasteiger partial charge >= 0.3 is 0 Å². The SMILES string of the molecule is COc1ccccc1OCCCN1CC(CS(N)(=O)=O)CC1=O. The number of amides is 1. The van der Waals surface area contributed by atoms with E-state index in [1.165, 1.54) is 0 Å². The van der Waals surface area contributed by atoms with Gasteiger partial charge in [-0.3, -0.25) is 4.79 Å². The van der Waals surface area contributed by atoms with Gasteiger partial charge in [0.25, 0.3) is 0 Å². The minimum atomic E-state index is -3.54. The number of primary sulfonamides is 1. The zero-order valence-electron chi connectivity index (χ0n) is 13.1. The molecule has 0 aromatic heterocycles. The fourth-order valence-electron chi connectivity index (χ4n) is 2.69. The van der Waals surface area contributed by atoms with E-state index >= 15 is 0 Å². The Morgan fingerprint density at radius 2 is 2.00 bits per heavy atom. The van der Waals surface area contributed by atoms with Gasteiger partial charge in [-0.15, -0.1) is 0 Å². The van der Waals surface area contributed by atoms with E-state index in [2.05, 4.69) is 0 Å². The Balaban J connectivity index is 1.75. The van der Waals surface area contributed by atoms with Gasteiger partial charge in [0, 0.05) is 25.4 Å². The summed E-state index contributed by atoms with van der Waals surface area (Å²) in [7, 11) is -1.96. The van der Waals surface area contributed by atoms with Crippen LogP contribution in [0.2, 0.25) is 0 Å². The Hall–Kier alpha value is -1.80. The van der Waals surface area contributed by atoms with Crippen molar-refractivity contribution in [3.8, 4) is 11.5 Å². The molecule has 1 aliphatic heterocycles. The topological polar surface area (TPSA) is 98.9 Å². The van der Waals surface area contributed by atoms with Crippen LogP contribution in [0.4, 0.5) is 0 Å². The van der Waals surface area contributed by atoms with Crippen LogP contribution in [0.5, 0.6) is 11.5 Å². The predicted octanol–water partition coefficient (Wildman–Crippen LogP) is 0.601. The molecular weight excluding hydrogens is 320 g/mol. The highest BCUT2D eigenvalue weighted by Gasteiger charge is 2.31. The van der Waals surface area contributed by atoms with Crippen LogP contribution in [-0.4, -0.2) is 51.8 Å². The molecule has 1 heterocycles. The second kappa shape index (κ2) is 7.65. The van der Waals surface area contributed by atoms with E-state index in [9.17, 15) is 13.2 Å². The number of nitrogens with zero attached hydrogens (tertiary/aromatic N) is 1. The lowest BCUT2D eigenvalue weighted by Gasteiger charge is -2.17. The Kier molecular flexibility index (Phi) is 5.84. The smallest absolute Gasteiger partial charge is 0.222 e. The van der Waals surface area contributed by atoms with E-state index in [0.29, 0.717) is 37.6 Å². The molecule has 1 unspecified atom stereocenters. The molecule has 8 heteroatoms. The van der Waals surface area contributed by atoms with Gasteiger partial charge in [-0.25, -0.2) is 13.6 Å². The first-order valence-electron chi connectivity index (χ1n) is 7.43. The van der Waals surface area contributed by atoms with Crippen LogP contribution >= 0.6 is 0 Å². The number of hydrogen-bond acceptors (Lipinski definition) is 5. The Morgan fingerprint density at radius 1 is 1.30 bits per heavy atom. The third-order valence-corrected chi connectivity index (χ3v) is 4.60. The molecule has 0 radical (unpaired) electrons. The molecule has 1 aromatic rings. The van der Waals surface area contributed by atoms with Crippen molar-refractivity contribution in [1.82, 2.24) is 4.90 Å². The number of nitrogens with two attached hydrogens (primary N) is 1. The molecule has 1 amide bonds. The molecule has 1 saturated heterocycles. The third-order valence-electron chi connectivity index (χ3n) is 3.66. The van der Waals surface area contributed by atoms with Crippen molar-refractivity contribution in [3.05, 3.63) is 24.3 Å². The summed E-state index contributed by atoms with van der Waals surface area (Å²) in [5, 5.41) is 5.03. The van der Waals surface area contributed by atoms with E-state index in [0.717, 1.165) is 0 Å². The number of ether oxygens (including phenoxy) is 2. The van der Waals surface area contributed by atoms with Crippen LogP contribution in [0.25, 0.3) is 0 Å². The average molecular weight is 342 g/mol. The van der Waals surface area contributed by atoms with E-state index in [1.807, 2.05) is 24.3 Å². The molecular formula is C15H22N2O5S. The largest absolute Gasteiger partial charge is 0.493 e. The summed E-state index contributed by atoms with van der Waals surface area (Å²) in [6.07, 6.45) is 0.898. The monoisotopic (exact) mass is 342 g/mol. The van der Waals surface area contributed by atoms with Crippen LogP contribution in [0, 0.1) is 5.92 Å². The second-order valence-corrected chi connectivity index (χ2v) is 7.25. The summed E-state index contributed by atoms with van der Waals surface area (Å²) in [6, 6.07) is 7.36. The van der Waals surface area contributed by atoms with Crippen molar-refractivity contribution < 1.29 is 22.7 Å². The van der Waals surface area contributed by atoms with Crippen LogP contribution < -0.4 is 14.6 Å². The number of carbonyl (C=O) groups excluding carboxylic acids is 1. The fraction of sp³-hybridized carbons (Fsp3) is 0.533. The minimum Gasteiger partial charge on any atom is -0.493 e. The number of hydrogen-bond donors (Lipinski definition) is 1. The molecule has 0 aliphatic carbocycles. The van der Waals surface area contributed by atoms with Crippen LogP contribution in [0.1, 0.15) is 12.8 Å². The normalized spacial score (nSPS) is 18.3. The number of para-hydroxylation sites is 2. The highest BCUT2D eigenvalue weighted by molar-refractivity contribution is 7.89. The van der Waals surface area contributed by atoms with Crippen molar-refractivity contribution in [3.63, 3.8) is 0 Å². The number of methoxy groups -OCH3 is 1. The maximum Gasteiger partial charge on any atom is 0.222 e. The minimum absolute atomic E-state index is 0.0315. The molecule has 1 atom stereocenters. The summed E-state index contributed by atoms with van der Waals surface area (Å²) >= 11 is 0. The van der Waals surface area contributed by atoms with Crippen molar-refractivity contribution in [1.29, 1.82) is 0 Å². The number of likely N-dealkylation sites (tertiary alicyclic amines) is 1. The van der Waals surface area contributed by atoms with E-state index in [4.69, 9.17) is 14.6 Å². The van der Waals surface area contributed by atoms with Crippen LogP contribution in [0.3, 0.4) is 0 Å². The lowest BCUT2D eigenvalue weighted by Crippen LogP contribution is -2.29. The third kappa shape index (κ3) is 5.40. The number of rotatable bonds is 8. The molecule has 1 aromatic carbocycles. The molecule has 0 bridgehead atoms. The van der Waals surface area contributed by atoms with Gasteiger partial charge in [0.2, 0.25) is 15.9 Å². The fourth-order valence-corrected chi connectivity index (χ4v) is 3.57. The molecule has 1 aliphatic rings. The first-order valence-corrected chi connectivity index (χ1v) is 9.14. The van der Waals surface area contributed by atoms with Gasteiger partial charge in [-0.05, 0) is 18.6 Å². The number of carbonyl (C=O) groups is 1. The summed E-state index contributed by atoms with van der Waals surface area (Å²) in [5.74, 6) is 0.934. The zero-order valence-corrected chi connectivity index (χ0v) is 13.9. The lowest BCUT2D eigenvalue weighted by atomic mass is 10.1. The van der Waals surface area contributed by atoms with Gasteiger partial charge in [0.1, 0.15) is 0 Å². The first kappa shape index (κ1) is 17.6. The molecule has 128 valence electrons. The number of benzene rings is 1. The van der Waals surface area contributed by atoms with Crippen LogP contribution in [0.15, 0.2) is 24.3 Å². The summed E-state index contributed by atoms with van der Waals surface area (Å²) in [6.45, 7) is 1.42. The molecule has 7 nitrogen and oxygen atoms in total. The highest BCUT2D eigenvalue weighted by atomic mass is 32.2. The van der Waals surface area contributed by atoms with E-state index in [1.54, 1.807) is 12.0 Å². The maximum atomic E-state index is 11.9. The molecule has 0 saturated carbocycles. The van der Waals surface area contributed by atoms with Gasteiger partial charge in [-0.2, -0.15) is 0 Å². The average Bonchev–Trinajstić information content (AvgIpc) is 2.81. The van der Waals surface area contributed by atoms with Gasteiger partial charge < -0.3 is 14.4 Å². The Bertz CT molecular complexity index is 647. The molecule has 23 heavy (non-hydrogen) atoms.